The van der Waals surface area contributed by atoms with Gasteiger partial charge < -0.3 is 5.11 Å². The van der Waals surface area contributed by atoms with E-state index in [1.54, 1.807) is 0 Å². The third-order valence-electron chi connectivity index (χ3n) is 2.76. The first-order valence-corrected chi connectivity index (χ1v) is 6.49. The SMILES string of the molecule is CCCCCCCCC[C@@H](O)CCC. The zero-order chi connectivity index (χ0) is 10.6. The van der Waals surface area contributed by atoms with Crippen LogP contribution >= 0.6 is 0 Å². The van der Waals surface area contributed by atoms with E-state index in [2.05, 4.69) is 13.8 Å². The summed E-state index contributed by atoms with van der Waals surface area (Å²) in [7, 11) is 0. The summed E-state index contributed by atoms with van der Waals surface area (Å²) in [6.07, 6.45) is 12.5. The van der Waals surface area contributed by atoms with Crippen molar-refractivity contribution in [1.82, 2.24) is 0 Å². The first-order chi connectivity index (χ1) is 6.81. The van der Waals surface area contributed by atoms with Crippen molar-refractivity contribution in [2.24, 2.45) is 0 Å². The molecule has 1 atom stereocenters. The summed E-state index contributed by atoms with van der Waals surface area (Å²) < 4.78 is 0. The lowest BCUT2D eigenvalue weighted by atomic mass is 10.0. The molecule has 0 aliphatic heterocycles. The molecule has 86 valence electrons. The molecule has 0 aliphatic rings. The molecule has 1 heteroatoms. The standard InChI is InChI=1S/C13H28O/c1-3-5-6-7-8-9-10-12-13(14)11-4-2/h13-14H,3-12H2,1-2H3/t13-/m0/s1. The first kappa shape index (κ1) is 14.0. The van der Waals surface area contributed by atoms with Gasteiger partial charge in [-0.2, -0.15) is 0 Å². The van der Waals surface area contributed by atoms with Crippen LogP contribution in [0.2, 0.25) is 0 Å². The van der Waals surface area contributed by atoms with E-state index in [1.165, 1.54) is 44.9 Å². The van der Waals surface area contributed by atoms with Crippen LogP contribution in [0.4, 0.5) is 0 Å². The van der Waals surface area contributed by atoms with Crippen LogP contribution in [0.5, 0.6) is 0 Å². The highest BCUT2D eigenvalue weighted by atomic mass is 16.3. The van der Waals surface area contributed by atoms with Crippen molar-refractivity contribution in [1.29, 1.82) is 0 Å². The normalized spacial score (nSPS) is 13.1. The Labute approximate surface area is 89.9 Å². The molecule has 0 aromatic carbocycles. The van der Waals surface area contributed by atoms with Gasteiger partial charge in [-0.1, -0.05) is 65.2 Å². The van der Waals surface area contributed by atoms with Gasteiger partial charge in [-0.25, -0.2) is 0 Å². The van der Waals surface area contributed by atoms with Crippen LogP contribution in [0.1, 0.15) is 78.1 Å². The van der Waals surface area contributed by atoms with Gasteiger partial charge in [-0.3, -0.25) is 0 Å². The molecule has 0 aliphatic carbocycles. The molecule has 0 amide bonds. The fourth-order valence-electron chi connectivity index (χ4n) is 1.81. The maximum absolute atomic E-state index is 9.49. The van der Waals surface area contributed by atoms with Gasteiger partial charge in [-0.15, -0.1) is 0 Å². The number of hydrogen-bond acceptors (Lipinski definition) is 1. The fraction of sp³-hybridized carbons (Fsp3) is 1.00. The lowest BCUT2D eigenvalue weighted by Crippen LogP contribution is -2.04. The molecule has 14 heavy (non-hydrogen) atoms. The molecule has 0 aromatic rings. The van der Waals surface area contributed by atoms with Crippen LogP contribution in [-0.2, 0) is 0 Å². The quantitative estimate of drug-likeness (QED) is 0.522. The van der Waals surface area contributed by atoms with E-state index in [0.717, 1.165) is 19.3 Å². The highest BCUT2D eigenvalue weighted by Gasteiger charge is 2.01. The minimum atomic E-state index is -0.0318. The van der Waals surface area contributed by atoms with E-state index < -0.39 is 0 Å². The number of rotatable bonds is 10. The molecular formula is C13H28O. The van der Waals surface area contributed by atoms with Crippen molar-refractivity contribution in [3.05, 3.63) is 0 Å². The predicted octanol–water partition coefficient (Wildman–Crippen LogP) is 4.29. The molecular weight excluding hydrogens is 172 g/mol. The van der Waals surface area contributed by atoms with Crippen LogP contribution in [0.25, 0.3) is 0 Å². The largest absolute Gasteiger partial charge is 0.393 e. The summed E-state index contributed by atoms with van der Waals surface area (Å²) in [6, 6.07) is 0. The van der Waals surface area contributed by atoms with E-state index in [4.69, 9.17) is 0 Å². The molecule has 0 spiro atoms. The first-order valence-electron chi connectivity index (χ1n) is 6.49. The number of aliphatic hydroxyl groups excluding tert-OH is 1. The molecule has 0 aromatic heterocycles. The van der Waals surface area contributed by atoms with Gasteiger partial charge in [0.2, 0.25) is 0 Å². The monoisotopic (exact) mass is 200 g/mol. The number of aliphatic hydroxyl groups is 1. The van der Waals surface area contributed by atoms with E-state index in [1.807, 2.05) is 0 Å². The highest BCUT2D eigenvalue weighted by molar-refractivity contribution is 4.55. The minimum absolute atomic E-state index is 0.0318. The second-order valence-electron chi connectivity index (χ2n) is 4.35. The Bertz CT molecular complexity index is 101. The third kappa shape index (κ3) is 10.0. The van der Waals surface area contributed by atoms with Gasteiger partial charge in [0.25, 0.3) is 0 Å². The molecule has 0 unspecified atom stereocenters. The molecule has 0 saturated heterocycles. The summed E-state index contributed by atoms with van der Waals surface area (Å²) in [6.45, 7) is 4.38. The smallest absolute Gasteiger partial charge is 0.0540 e. The molecule has 0 fully saturated rings. The lowest BCUT2D eigenvalue weighted by molar-refractivity contribution is 0.150. The fourth-order valence-corrected chi connectivity index (χ4v) is 1.81. The van der Waals surface area contributed by atoms with E-state index >= 15 is 0 Å². The van der Waals surface area contributed by atoms with E-state index in [0.29, 0.717) is 0 Å². The number of hydrogen-bond donors (Lipinski definition) is 1. The highest BCUT2D eigenvalue weighted by Crippen LogP contribution is 2.11. The molecule has 0 rings (SSSR count). The Morgan fingerprint density at radius 3 is 1.86 bits per heavy atom. The van der Waals surface area contributed by atoms with Gasteiger partial charge in [-0.05, 0) is 12.8 Å². The topological polar surface area (TPSA) is 20.2 Å². The van der Waals surface area contributed by atoms with Gasteiger partial charge in [0, 0.05) is 0 Å². The lowest BCUT2D eigenvalue weighted by Gasteiger charge is -2.08. The van der Waals surface area contributed by atoms with Crippen molar-refractivity contribution in [3.63, 3.8) is 0 Å². The van der Waals surface area contributed by atoms with Gasteiger partial charge in [0.1, 0.15) is 0 Å². The van der Waals surface area contributed by atoms with Crippen molar-refractivity contribution >= 4 is 0 Å². The average Bonchev–Trinajstić information content (AvgIpc) is 2.17. The third-order valence-corrected chi connectivity index (χ3v) is 2.76. The molecule has 1 N–H and O–H groups in total. The molecule has 0 saturated carbocycles. The zero-order valence-electron chi connectivity index (χ0n) is 10.1. The Kier molecular flexibility index (Phi) is 11.0. The zero-order valence-corrected chi connectivity index (χ0v) is 10.1. The molecule has 1 nitrogen and oxygen atoms in total. The van der Waals surface area contributed by atoms with Crippen LogP contribution < -0.4 is 0 Å². The molecule has 0 radical (unpaired) electrons. The summed E-state index contributed by atoms with van der Waals surface area (Å²) >= 11 is 0. The second kappa shape index (κ2) is 11.0. The Balaban J connectivity index is 2.98. The predicted molar refractivity (Wildman–Crippen MR) is 63.5 cm³/mol. The van der Waals surface area contributed by atoms with Crippen molar-refractivity contribution in [3.8, 4) is 0 Å². The summed E-state index contributed by atoms with van der Waals surface area (Å²) in [5.41, 5.74) is 0. The second-order valence-corrected chi connectivity index (χ2v) is 4.35. The van der Waals surface area contributed by atoms with E-state index in [9.17, 15) is 5.11 Å². The maximum atomic E-state index is 9.49. The number of unbranched alkanes of at least 4 members (excludes halogenated alkanes) is 6. The molecule has 0 heterocycles. The van der Waals surface area contributed by atoms with Gasteiger partial charge in [0.05, 0.1) is 6.10 Å². The van der Waals surface area contributed by atoms with Crippen LogP contribution in [0.3, 0.4) is 0 Å². The van der Waals surface area contributed by atoms with Gasteiger partial charge in [0.15, 0.2) is 0 Å². The van der Waals surface area contributed by atoms with Crippen LogP contribution in [-0.4, -0.2) is 11.2 Å². The maximum Gasteiger partial charge on any atom is 0.0540 e. The minimum Gasteiger partial charge on any atom is -0.393 e. The summed E-state index contributed by atoms with van der Waals surface area (Å²) in [4.78, 5) is 0. The summed E-state index contributed by atoms with van der Waals surface area (Å²) in [5.74, 6) is 0. The van der Waals surface area contributed by atoms with Crippen molar-refractivity contribution in [2.45, 2.75) is 84.2 Å². The Morgan fingerprint density at radius 1 is 0.714 bits per heavy atom. The van der Waals surface area contributed by atoms with Crippen molar-refractivity contribution in [2.75, 3.05) is 0 Å². The van der Waals surface area contributed by atoms with Gasteiger partial charge >= 0.3 is 0 Å². The van der Waals surface area contributed by atoms with Crippen LogP contribution in [0.15, 0.2) is 0 Å². The molecule has 0 bridgehead atoms. The van der Waals surface area contributed by atoms with Crippen LogP contribution in [0, 0.1) is 0 Å². The average molecular weight is 200 g/mol. The Hall–Kier alpha value is -0.0400. The Morgan fingerprint density at radius 2 is 1.29 bits per heavy atom. The van der Waals surface area contributed by atoms with Crippen molar-refractivity contribution < 1.29 is 5.11 Å². The van der Waals surface area contributed by atoms with E-state index in [-0.39, 0.29) is 6.10 Å². The summed E-state index contributed by atoms with van der Waals surface area (Å²) in [5, 5.41) is 9.49.